The average Bonchev–Trinajstić information content (AvgIpc) is 2.64. The summed E-state index contributed by atoms with van der Waals surface area (Å²) in [6.07, 6.45) is 0. The number of esters is 1. The van der Waals surface area contributed by atoms with E-state index in [1.54, 1.807) is 25.1 Å². The lowest BCUT2D eigenvalue weighted by Crippen LogP contribution is -2.04. The molecule has 2 aromatic rings. The van der Waals surface area contributed by atoms with Crippen molar-refractivity contribution in [2.24, 2.45) is 0 Å². The predicted molar refractivity (Wildman–Crippen MR) is 47.8 cm³/mol. The smallest absolute Gasteiger partial charge is 0.338 e. The number of rotatable bonds is 2. The summed E-state index contributed by atoms with van der Waals surface area (Å²) in [7, 11) is 0. The Kier molecular flexibility index (Phi) is 2.14. The van der Waals surface area contributed by atoms with Gasteiger partial charge in [-0.3, -0.25) is 0 Å². The van der Waals surface area contributed by atoms with Crippen molar-refractivity contribution in [3.05, 3.63) is 23.8 Å². The molecule has 0 saturated heterocycles. The molecule has 0 amide bonds. The second-order valence-electron chi connectivity index (χ2n) is 2.69. The fourth-order valence-electron chi connectivity index (χ4n) is 1.12. The Labute approximate surface area is 79.6 Å². The van der Waals surface area contributed by atoms with Gasteiger partial charge in [-0.2, -0.15) is 0 Å². The first kappa shape index (κ1) is 8.68. The van der Waals surface area contributed by atoms with E-state index in [1.807, 2.05) is 0 Å². The Balaban J connectivity index is 2.38. The Morgan fingerprint density at radius 1 is 1.43 bits per heavy atom. The second kappa shape index (κ2) is 3.45. The molecule has 0 N–H and O–H groups in total. The molecule has 2 rings (SSSR count). The highest BCUT2D eigenvalue weighted by Gasteiger charge is 2.08. The first-order valence-corrected chi connectivity index (χ1v) is 4.20. The van der Waals surface area contributed by atoms with Crippen LogP contribution >= 0.6 is 0 Å². The van der Waals surface area contributed by atoms with Crippen LogP contribution in [0.1, 0.15) is 17.3 Å². The molecular formula is C9H8N2O3. The summed E-state index contributed by atoms with van der Waals surface area (Å²) in [5.41, 5.74) is 1.63. The molecule has 5 heteroatoms. The Morgan fingerprint density at radius 3 is 3.00 bits per heavy atom. The number of carbonyl (C=O) groups excluding carboxylic acids is 1. The Morgan fingerprint density at radius 2 is 2.21 bits per heavy atom. The maximum absolute atomic E-state index is 11.3. The number of aromatic nitrogens is 2. The summed E-state index contributed by atoms with van der Waals surface area (Å²) in [6.45, 7) is 2.11. The first-order valence-electron chi connectivity index (χ1n) is 4.20. The highest BCUT2D eigenvalue weighted by molar-refractivity contribution is 5.93. The van der Waals surface area contributed by atoms with Gasteiger partial charge in [0.05, 0.1) is 12.2 Å². The molecule has 0 saturated carbocycles. The van der Waals surface area contributed by atoms with E-state index in [9.17, 15) is 4.79 Å². The highest BCUT2D eigenvalue weighted by atomic mass is 16.6. The Hall–Kier alpha value is -1.91. The monoisotopic (exact) mass is 192 g/mol. The van der Waals surface area contributed by atoms with Crippen LogP contribution in [-0.2, 0) is 4.74 Å². The van der Waals surface area contributed by atoms with Crippen LogP contribution in [0.4, 0.5) is 0 Å². The van der Waals surface area contributed by atoms with Crippen LogP contribution in [0.5, 0.6) is 0 Å². The molecule has 1 heterocycles. The zero-order valence-electron chi connectivity index (χ0n) is 7.56. The minimum Gasteiger partial charge on any atom is -0.462 e. The minimum atomic E-state index is -0.364. The standard InChI is InChI=1S/C9H8N2O3/c1-2-13-9(12)6-3-4-7-8(5-6)11-14-10-7/h3-5H,2H2,1H3. The first-order chi connectivity index (χ1) is 6.81. The molecule has 0 fully saturated rings. The van der Waals surface area contributed by atoms with E-state index >= 15 is 0 Å². The van der Waals surface area contributed by atoms with E-state index in [0.717, 1.165) is 0 Å². The SMILES string of the molecule is CCOC(=O)c1ccc2nonc2c1. The van der Waals surface area contributed by atoms with Gasteiger partial charge in [0, 0.05) is 0 Å². The lowest BCUT2D eigenvalue weighted by Gasteiger charge is -1.99. The van der Waals surface area contributed by atoms with Gasteiger partial charge in [-0.15, -0.1) is 0 Å². The molecule has 0 aliphatic carbocycles. The molecule has 0 aliphatic rings. The van der Waals surface area contributed by atoms with Crippen molar-refractivity contribution in [1.29, 1.82) is 0 Å². The van der Waals surface area contributed by atoms with Crippen LogP contribution in [0.3, 0.4) is 0 Å². The van der Waals surface area contributed by atoms with Gasteiger partial charge in [0.1, 0.15) is 11.0 Å². The molecule has 0 aliphatic heterocycles. The van der Waals surface area contributed by atoms with E-state index in [1.165, 1.54) is 0 Å². The van der Waals surface area contributed by atoms with Crippen molar-refractivity contribution < 1.29 is 14.2 Å². The molecule has 0 bridgehead atoms. The van der Waals surface area contributed by atoms with Crippen molar-refractivity contribution in [1.82, 2.24) is 10.3 Å². The van der Waals surface area contributed by atoms with Crippen molar-refractivity contribution in [2.45, 2.75) is 6.92 Å². The van der Waals surface area contributed by atoms with Crippen molar-refractivity contribution in [3.63, 3.8) is 0 Å². The third-order valence-electron chi connectivity index (χ3n) is 1.76. The molecule has 0 spiro atoms. The van der Waals surface area contributed by atoms with Crippen molar-refractivity contribution >= 4 is 17.0 Å². The summed E-state index contributed by atoms with van der Waals surface area (Å²) in [5, 5.41) is 7.25. The topological polar surface area (TPSA) is 65.2 Å². The van der Waals surface area contributed by atoms with Crippen LogP contribution in [-0.4, -0.2) is 22.9 Å². The van der Waals surface area contributed by atoms with Gasteiger partial charge >= 0.3 is 5.97 Å². The number of fused-ring (bicyclic) bond motifs is 1. The molecule has 0 radical (unpaired) electrons. The predicted octanol–water partition coefficient (Wildman–Crippen LogP) is 1.40. The van der Waals surface area contributed by atoms with E-state index in [0.29, 0.717) is 23.2 Å². The fourth-order valence-corrected chi connectivity index (χ4v) is 1.12. The molecule has 14 heavy (non-hydrogen) atoms. The average molecular weight is 192 g/mol. The number of hydrogen-bond acceptors (Lipinski definition) is 5. The van der Waals surface area contributed by atoms with Gasteiger partial charge < -0.3 is 4.74 Å². The quantitative estimate of drug-likeness (QED) is 0.673. The minimum absolute atomic E-state index is 0.355. The van der Waals surface area contributed by atoms with Crippen molar-refractivity contribution in [2.75, 3.05) is 6.61 Å². The largest absolute Gasteiger partial charge is 0.462 e. The molecule has 72 valence electrons. The maximum Gasteiger partial charge on any atom is 0.338 e. The molecule has 0 atom stereocenters. The fraction of sp³-hybridized carbons (Fsp3) is 0.222. The summed E-state index contributed by atoms with van der Waals surface area (Å²) >= 11 is 0. The zero-order valence-corrected chi connectivity index (χ0v) is 7.56. The summed E-state index contributed by atoms with van der Waals surface area (Å²) < 4.78 is 9.34. The van der Waals surface area contributed by atoms with E-state index in [4.69, 9.17) is 4.74 Å². The third kappa shape index (κ3) is 1.44. The van der Waals surface area contributed by atoms with Gasteiger partial charge in [-0.05, 0) is 35.4 Å². The van der Waals surface area contributed by atoms with Crippen LogP contribution in [0, 0.1) is 0 Å². The number of hydrogen-bond donors (Lipinski definition) is 0. The van der Waals surface area contributed by atoms with Gasteiger partial charge in [0.15, 0.2) is 0 Å². The number of ether oxygens (including phenoxy) is 1. The highest BCUT2D eigenvalue weighted by Crippen LogP contribution is 2.12. The second-order valence-corrected chi connectivity index (χ2v) is 2.69. The lowest BCUT2D eigenvalue weighted by atomic mass is 10.2. The van der Waals surface area contributed by atoms with Gasteiger partial charge in [0.25, 0.3) is 0 Å². The normalized spacial score (nSPS) is 10.4. The van der Waals surface area contributed by atoms with E-state index < -0.39 is 0 Å². The van der Waals surface area contributed by atoms with Crippen LogP contribution in [0.25, 0.3) is 11.0 Å². The van der Waals surface area contributed by atoms with Crippen LogP contribution in [0.2, 0.25) is 0 Å². The zero-order chi connectivity index (χ0) is 9.97. The summed E-state index contributed by atoms with van der Waals surface area (Å²) in [5.74, 6) is -0.364. The molecule has 1 aromatic carbocycles. The Bertz CT molecular complexity index is 464. The third-order valence-corrected chi connectivity index (χ3v) is 1.76. The molecule has 0 unspecified atom stereocenters. The molecule has 1 aromatic heterocycles. The van der Waals surface area contributed by atoms with Gasteiger partial charge in [0.2, 0.25) is 0 Å². The van der Waals surface area contributed by atoms with Crippen molar-refractivity contribution in [3.8, 4) is 0 Å². The van der Waals surface area contributed by atoms with Gasteiger partial charge in [-0.1, -0.05) is 0 Å². The van der Waals surface area contributed by atoms with E-state index in [-0.39, 0.29) is 5.97 Å². The maximum atomic E-state index is 11.3. The molecular weight excluding hydrogens is 184 g/mol. The summed E-state index contributed by atoms with van der Waals surface area (Å²) in [4.78, 5) is 11.3. The summed E-state index contributed by atoms with van der Waals surface area (Å²) in [6, 6.07) is 4.88. The van der Waals surface area contributed by atoms with Crippen LogP contribution in [0.15, 0.2) is 22.8 Å². The van der Waals surface area contributed by atoms with E-state index in [2.05, 4.69) is 14.9 Å². The number of nitrogens with zero attached hydrogens (tertiary/aromatic N) is 2. The number of carbonyl (C=O) groups is 1. The number of benzene rings is 1. The van der Waals surface area contributed by atoms with Gasteiger partial charge in [-0.25, -0.2) is 9.42 Å². The molecule has 5 nitrogen and oxygen atoms in total. The lowest BCUT2D eigenvalue weighted by molar-refractivity contribution is 0.0526. The van der Waals surface area contributed by atoms with Crippen LogP contribution < -0.4 is 0 Å².